The van der Waals surface area contributed by atoms with Crippen LogP contribution in [-0.4, -0.2) is 85.6 Å². The second-order valence-electron chi connectivity index (χ2n) is 7.07. The Morgan fingerprint density at radius 1 is 1.10 bits per heavy atom. The normalized spacial score (nSPS) is 32.2. The van der Waals surface area contributed by atoms with Gasteiger partial charge >= 0.3 is 0 Å². The van der Waals surface area contributed by atoms with Crippen LogP contribution < -0.4 is 5.32 Å². The molecule has 1 N–H and O–H groups in total. The summed E-state index contributed by atoms with van der Waals surface area (Å²) in [5.41, 5.74) is 0. The standard InChI is InChI=1S/C16H30N4O/c1-18(2)14-7-11-19(12-14)16(21)15-4-3-10-20(15)13-5-8-17-9-6-13/h13-15,17H,3-12H2,1-2H3. The number of hydrogen-bond acceptors (Lipinski definition) is 4. The third-order valence-corrected chi connectivity index (χ3v) is 5.56. The van der Waals surface area contributed by atoms with Gasteiger partial charge in [0.1, 0.15) is 0 Å². The summed E-state index contributed by atoms with van der Waals surface area (Å²) in [6.45, 7) is 5.19. The number of likely N-dealkylation sites (N-methyl/N-ethyl adjacent to an activating group) is 1. The van der Waals surface area contributed by atoms with Crippen LogP contribution in [-0.2, 0) is 4.79 Å². The van der Waals surface area contributed by atoms with Gasteiger partial charge in [-0.1, -0.05) is 0 Å². The van der Waals surface area contributed by atoms with Gasteiger partial charge in [-0.3, -0.25) is 9.69 Å². The van der Waals surface area contributed by atoms with Gasteiger partial charge < -0.3 is 15.1 Å². The van der Waals surface area contributed by atoms with Gasteiger partial charge in [-0.15, -0.1) is 0 Å². The minimum atomic E-state index is 0.161. The minimum absolute atomic E-state index is 0.161. The molecule has 5 nitrogen and oxygen atoms in total. The fourth-order valence-corrected chi connectivity index (χ4v) is 4.20. The summed E-state index contributed by atoms with van der Waals surface area (Å²) in [5, 5.41) is 3.43. The highest BCUT2D eigenvalue weighted by molar-refractivity contribution is 5.82. The lowest BCUT2D eigenvalue weighted by Gasteiger charge is -2.36. The Morgan fingerprint density at radius 3 is 2.52 bits per heavy atom. The van der Waals surface area contributed by atoms with Crippen LogP contribution in [0.25, 0.3) is 0 Å². The topological polar surface area (TPSA) is 38.8 Å². The van der Waals surface area contributed by atoms with E-state index in [1.54, 1.807) is 0 Å². The van der Waals surface area contributed by atoms with E-state index in [4.69, 9.17) is 0 Å². The molecule has 0 aliphatic carbocycles. The summed E-state index contributed by atoms with van der Waals surface area (Å²) in [5.74, 6) is 0.399. The highest BCUT2D eigenvalue weighted by Crippen LogP contribution is 2.27. The zero-order valence-electron chi connectivity index (χ0n) is 13.6. The number of hydrogen-bond donors (Lipinski definition) is 1. The van der Waals surface area contributed by atoms with Gasteiger partial charge in [0.05, 0.1) is 6.04 Å². The van der Waals surface area contributed by atoms with Crippen LogP contribution >= 0.6 is 0 Å². The first-order chi connectivity index (χ1) is 10.2. The van der Waals surface area contributed by atoms with Crippen LogP contribution in [0.3, 0.4) is 0 Å². The summed E-state index contributed by atoms with van der Waals surface area (Å²) < 4.78 is 0. The molecule has 3 saturated heterocycles. The molecule has 3 aliphatic rings. The molecule has 2 atom stereocenters. The molecule has 3 fully saturated rings. The molecule has 0 saturated carbocycles. The molecule has 0 radical (unpaired) electrons. The molecule has 0 aromatic rings. The van der Waals surface area contributed by atoms with E-state index in [2.05, 4.69) is 34.1 Å². The smallest absolute Gasteiger partial charge is 0.239 e. The summed E-state index contributed by atoms with van der Waals surface area (Å²) in [7, 11) is 4.24. The predicted molar refractivity (Wildman–Crippen MR) is 84.3 cm³/mol. The average Bonchev–Trinajstić information content (AvgIpc) is 3.17. The minimum Gasteiger partial charge on any atom is -0.340 e. The van der Waals surface area contributed by atoms with Crippen molar-refractivity contribution in [3.8, 4) is 0 Å². The fraction of sp³-hybridized carbons (Fsp3) is 0.938. The number of likely N-dealkylation sites (tertiary alicyclic amines) is 2. The molecule has 5 heteroatoms. The molecule has 21 heavy (non-hydrogen) atoms. The third-order valence-electron chi connectivity index (χ3n) is 5.56. The second-order valence-corrected chi connectivity index (χ2v) is 7.07. The van der Waals surface area contributed by atoms with Crippen molar-refractivity contribution in [3.05, 3.63) is 0 Å². The molecule has 2 unspecified atom stereocenters. The van der Waals surface area contributed by atoms with Gasteiger partial charge in [0.15, 0.2) is 0 Å². The molecule has 1 amide bonds. The maximum atomic E-state index is 12.9. The molecular weight excluding hydrogens is 264 g/mol. The number of amides is 1. The lowest BCUT2D eigenvalue weighted by molar-refractivity contribution is -0.136. The van der Waals surface area contributed by atoms with Crippen molar-refractivity contribution < 1.29 is 4.79 Å². The van der Waals surface area contributed by atoms with Crippen LogP contribution in [0.1, 0.15) is 32.1 Å². The lowest BCUT2D eigenvalue weighted by atomic mass is 10.0. The SMILES string of the molecule is CN(C)C1CCN(C(=O)C2CCCN2C2CCNCC2)C1. The Kier molecular flexibility index (Phi) is 4.82. The number of nitrogens with zero attached hydrogens (tertiary/aromatic N) is 3. The lowest BCUT2D eigenvalue weighted by Crippen LogP contribution is -2.51. The molecule has 3 rings (SSSR count). The van der Waals surface area contributed by atoms with Crippen molar-refractivity contribution in [1.29, 1.82) is 0 Å². The number of carbonyl (C=O) groups excluding carboxylic acids is 1. The number of piperidine rings is 1. The first-order valence-electron chi connectivity index (χ1n) is 8.58. The quantitative estimate of drug-likeness (QED) is 0.816. The van der Waals surface area contributed by atoms with E-state index < -0.39 is 0 Å². The van der Waals surface area contributed by atoms with Gasteiger partial charge in [-0.05, 0) is 65.8 Å². The molecular formula is C16H30N4O. The molecule has 0 bridgehead atoms. The zero-order valence-corrected chi connectivity index (χ0v) is 13.6. The zero-order chi connectivity index (χ0) is 14.8. The highest BCUT2D eigenvalue weighted by Gasteiger charge is 2.39. The fourth-order valence-electron chi connectivity index (χ4n) is 4.20. The van der Waals surface area contributed by atoms with Gasteiger partial charge in [-0.25, -0.2) is 0 Å². The van der Waals surface area contributed by atoms with Gasteiger partial charge in [0, 0.05) is 25.2 Å². The van der Waals surface area contributed by atoms with E-state index in [0.29, 0.717) is 18.0 Å². The average molecular weight is 294 g/mol. The van der Waals surface area contributed by atoms with Gasteiger partial charge in [0.2, 0.25) is 5.91 Å². The Labute approximate surface area is 128 Å². The number of nitrogens with one attached hydrogen (secondary N) is 1. The van der Waals surface area contributed by atoms with Crippen LogP contribution in [0.4, 0.5) is 0 Å². The first-order valence-corrected chi connectivity index (χ1v) is 8.58. The number of carbonyl (C=O) groups is 1. The van der Waals surface area contributed by atoms with Crippen molar-refractivity contribution in [2.75, 3.05) is 46.8 Å². The Balaban J connectivity index is 1.61. The van der Waals surface area contributed by atoms with Crippen molar-refractivity contribution in [2.45, 2.75) is 50.2 Å². The molecule has 0 aromatic carbocycles. The monoisotopic (exact) mass is 294 g/mol. The van der Waals surface area contributed by atoms with Crippen LogP contribution in [0.2, 0.25) is 0 Å². The summed E-state index contributed by atoms with van der Waals surface area (Å²) in [6.07, 6.45) is 5.77. The highest BCUT2D eigenvalue weighted by atomic mass is 16.2. The van der Waals surface area contributed by atoms with E-state index in [0.717, 1.165) is 45.6 Å². The maximum absolute atomic E-state index is 12.9. The van der Waals surface area contributed by atoms with Crippen LogP contribution in [0.5, 0.6) is 0 Å². The van der Waals surface area contributed by atoms with E-state index in [1.807, 2.05) is 0 Å². The second kappa shape index (κ2) is 6.63. The Hall–Kier alpha value is -0.650. The Morgan fingerprint density at radius 2 is 1.86 bits per heavy atom. The first kappa shape index (κ1) is 15.3. The van der Waals surface area contributed by atoms with Gasteiger partial charge in [0.25, 0.3) is 0 Å². The van der Waals surface area contributed by atoms with E-state index in [-0.39, 0.29) is 6.04 Å². The third kappa shape index (κ3) is 3.25. The summed E-state index contributed by atoms with van der Waals surface area (Å²) in [4.78, 5) is 19.8. The van der Waals surface area contributed by atoms with Gasteiger partial charge in [-0.2, -0.15) is 0 Å². The van der Waals surface area contributed by atoms with Crippen molar-refractivity contribution in [1.82, 2.24) is 20.0 Å². The largest absolute Gasteiger partial charge is 0.340 e. The summed E-state index contributed by atoms with van der Waals surface area (Å²) in [6, 6.07) is 1.33. The van der Waals surface area contributed by atoms with Crippen molar-refractivity contribution >= 4 is 5.91 Å². The predicted octanol–water partition coefficient (Wildman–Crippen LogP) is 0.365. The number of rotatable bonds is 3. The van der Waals surface area contributed by atoms with Crippen molar-refractivity contribution in [3.63, 3.8) is 0 Å². The molecule has 0 spiro atoms. The molecule has 3 heterocycles. The van der Waals surface area contributed by atoms with Crippen LogP contribution in [0, 0.1) is 0 Å². The summed E-state index contributed by atoms with van der Waals surface area (Å²) >= 11 is 0. The molecule has 120 valence electrons. The van der Waals surface area contributed by atoms with Crippen LogP contribution in [0.15, 0.2) is 0 Å². The Bertz CT molecular complexity index is 367. The van der Waals surface area contributed by atoms with E-state index >= 15 is 0 Å². The van der Waals surface area contributed by atoms with Crippen molar-refractivity contribution in [2.24, 2.45) is 0 Å². The van der Waals surface area contributed by atoms with E-state index in [1.165, 1.54) is 19.3 Å². The van der Waals surface area contributed by atoms with E-state index in [9.17, 15) is 4.79 Å². The molecule has 3 aliphatic heterocycles. The molecule has 0 aromatic heterocycles. The maximum Gasteiger partial charge on any atom is 0.239 e.